The number of hydrogen-bond acceptors (Lipinski definition) is 7. The summed E-state index contributed by atoms with van der Waals surface area (Å²) >= 11 is 4.73. The normalized spacial score (nSPS) is 11.1. The summed E-state index contributed by atoms with van der Waals surface area (Å²) in [6, 6.07) is 23.0. The number of aromatic hydroxyl groups is 1. The first-order chi connectivity index (χ1) is 18.0. The summed E-state index contributed by atoms with van der Waals surface area (Å²) in [5.74, 6) is 0.583. The fourth-order valence-corrected chi connectivity index (χ4v) is 4.73. The molecule has 1 aromatic heterocycles. The maximum Gasteiger partial charge on any atom is 0.250 e. The summed E-state index contributed by atoms with van der Waals surface area (Å²) in [4.78, 5) is 14.6. The molecule has 0 saturated carbocycles. The van der Waals surface area contributed by atoms with E-state index in [9.17, 15) is 9.90 Å². The molecule has 0 radical (unpaired) electrons. The molecule has 0 aliphatic rings. The number of benzene rings is 3. The Bertz CT molecular complexity index is 1370. The Balaban J connectivity index is 1.44. The standard InChI is InChI=1S/C27H27BrN6O2S/c1-3-33(4-2)23-15-12-20(24(35)16-23)17-29-30-25(36)18-37-27-32-31-26(19-10-13-21(28)14-11-19)34(27)22-8-6-5-7-9-22/h5-17,35H,3-4,18H2,1-2H3,(H,30,36)/b29-17-. The third-order valence-electron chi connectivity index (χ3n) is 5.62. The van der Waals surface area contributed by atoms with Crippen LogP contribution in [-0.2, 0) is 4.79 Å². The van der Waals surface area contributed by atoms with Gasteiger partial charge in [0, 0.05) is 46.1 Å². The highest BCUT2D eigenvalue weighted by atomic mass is 79.9. The van der Waals surface area contributed by atoms with Crippen LogP contribution < -0.4 is 10.3 Å². The Morgan fingerprint density at radius 2 is 1.81 bits per heavy atom. The number of phenols is 1. The van der Waals surface area contributed by atoms with Gasteiger partial charge in [0.1, 0.15) is 5.75 Å². The highest BCUT2D eigenvalue weighted by Gasteiger charge is 2.17. The summed E-state index contributed by atoms with van der Waals surface area (Å²) < 4.78 is 2.90. The minimum Gasteiger partial charge on any atom is -0.507 e. The molecule has 0 atom stereocenters. The number of amides is 1. The van der Waals surface area contributed by atoms with Crippen LogP contribution in [0, 0.1) is 0 Å². The predicted octanol–water partition coefficient (Wildman–Crippen LogP) is 5.49. The van der Waals surface area contributed by atoms with E-state index in [0.29, 0.717) is 16.5 Å². The van der Waals surface area contributed by atoms with Crippen molar-refractivity contribution < 1.29 is 9.90 Å². The molecule has 3 aromatic carbocycles. The van der Waals surface area contributed by atoms with Gasteiger partial charge < -0.3 is 10.0 Å². The molecule has 1 amide bonds. The van der Waals surface area contributed by atoms with Gasteiger partial charge in [-0.15, -0.1) is 10.2 Å². The molecule has 1 heterocycles. The van der Waals surface area contributed by atoms with Gasteiger partial charge in [0.2, 0.25) is 0 Å². The number of nitrogens with one attached hydrogen (secondary N) is 1. The van der Waals surface area contributed by atoms with Gasteiger partial charge in [0.05, 0.1) is 12.0 Å². The van der Waals surface area contributed by atoms with Crippen LogP contribution in [0.15, 0.2) is 87.5 Å². The van der Waals surface area contributed by atoms with Gasteiger partial charge in [0.15, 0.2) is 11.0 Å². The molecule has 0 unspecified atom stereocenters. The molecule has 190 valence electrons. The number of halogens is 1. The van der Waals surface area contributed by atoms with Crippen molar-refractivity contribution in [3.8, 4) is 22.8 Å². The van der Waals surface area contributed by atoms with Crippen molar-refractivity contribution >= 4 is 45.5 Å². The van der Waals surface area contributed by atoms with E-state index in [4.69, 9.17) is 0 Å². The van der Waals surface area contributed by atoms with E-state index in [-0.39, 0.29) is 17.4 Å². The van der Waals surface area contributed by atoms with Crippen LogP contribution in [0.3, 0.4) is 0 Å². The number of para-hydroxylation sites is 1. The first-order valence-corrected chi connectivity index (χ1v) is 13.6. The van der Waals surface area contributed by atoms with Gasteiger partial charge in [0.25, 0.3) is 5.91 Å². The SMILES string of the molecule is CCN(CC)c1ccc(/C=N\NC(=O)CSc2nnc(-c3ccc(Br)cc3)n2-c2ccccc2)c(O)c1. The zero-order valence-electron chi connectivity index (χ0n) is 20.5. The Labute approximate surface area is 228 Å². The van der Waals surface area contributed by atoms with Crippen LogP contribution in [0.25, 0.3) is 17.1 Å². The maximum absolute atomic E-state index is 12.5. The first-order valence-electron chi connectivity index (χ1n) is 11.8. The van der Waals surface area contributed by atoms with Crippen LogP contribution in [0.5, 0.6) is 5.75 Å². The van der Waals surface area contributed by atoms with Gasteiger partial charge in [-0.25, -0.2) is 5.43 Å². The molecule has 0 bridgehead atoms. The molecule has 0 spiro atoms. The molecule has 37 heavy (non-hydrogen) atoms. The minimum atomic E-state index is -0.298. The van der Waals surface area contributed by atoms with E-state index in [2.05, 4.69) is 55.4 Å². The topological polar surface area (TPSA) is 95.6 Å². The summed E-state index contributed by atoms with van der Waals surface area (Å²) in [6.45, 7) is 5.82. The second kappa shape index (κ2) is 12.6. The van der Waals surface area contributed by atoms with E-state index in [1.165, 1.54) is 18.0 Å². The second-order valence-corrected chi connectivity index (χ2v) is 9.84. The Morgan fingerprint density at radius 1 is 1.08 bits per heavy atom. The molecule has 0 aliphatic heterocycles. The Morgan fingerprint density at radius 3 is 2.49 bits per heavy atom. The quantitative estimate of drug-likeness (QED) is 0.147. The van der Waals surface area contributed by atoms with Crippen molar-refractivity contribution in [2.24, 2.45) is 5.10 Å². The van der Waals surface area contributed by atoms with Crippen molar-refractivity contribution in [2.45, 2.75) is 19.0 Å². The van der Waals surface area contributed by atoms with Crippen molar-refractivity contribution in [1.29, 1.82) is 0 Å². The molecule has 0 fully saturated rings. The number of carbonyl (C=O) groups is 1. The lowest BCUT2D eigenvalue weighted by atomic mass is 10.2. The molecular formula is C27H27BrN6O2S. The number of nitrogens with zero attached hydrogens (tertiary/aromatic N) is 5. The average molecular weight is 580 g/mol. The number of aromatic nitrogens is 3. The minimum absolute atomic E-state index is 0.0928. The molecule has 0 aliphatic carbocycles. The van der Waals surface area contributed by atoms with Gasteiger partial charge in [-0.1, -0.05) is 58.0 Å². The summed E-state index contributed by atoms with van der Waals surface area (Å²) in [5.41, 5.74) is 5.78. The Hall–Kier alpha value is -3.63. The number of phenolic OH excluding ortho intramolecular Hbond substituents is 1. The van der Waals surface area contributed by atoms with E-state index in [1.807, 2.05) is 65.2 Å². The fraction of sp³-hybridized carbons (Fsp3) is 0.185. The lowest BCUT2D eigenvalue weighted by molar-refractivity contribution is -0.118. The number of anilines is 1. The number of hydrogen-bond donors (Lipinski definition) is 2. The van der Waals surface area contributed by atoms with Gasteiger partial charge >= 0.3 is 0 Å². The molecule has 8 nitrogen and oxygen atoms in total. The summed E-state index contributed by atoms with van der Waals surface area (Å²) in [7, 11) is 0. The molecule has 4 aromatic rings. The highest BCUT2D eigenvalue weighted by molar-refractivity contribution is 9.10. The average Bonchev–Trinajstić information content (AvgIpc) is 3.34. The number of thioether (sulfide) groups is 1. The van der Waals surface area contributed by atoms with Gasteiger partial charge in [-0.05, 0) is 50.2 Å². The van der Waals surface area contributed by atoms with E-state index >= 15 is 0 Å². The van der Waals surface area contributed by atoms with Crippen molar-refractivity contribution in [2.75, 3.05) is 23.7 Å². The van der Waals surface area contributed by atoms with E-state index < -0.39 is 0 Å². The number of rotatable bonds is 10. The zero-order valence-corrected chi connectivity index (χ0v) is 22.9. The van der Waals surface area contributed by atoms with Crippen LogP contribution in [0.1, 0.15) is 19.4 Å². The zero-order chi connectivity index (χ0) is 26.2. The Kier molecular flexibility index (Phi) is 8.97. The first kappa shape index (κ1) is 26.4. The van der Waals surface area contributed by atoms with E-state index in [0.717, 1.165) is 34.5 Å². The number of hydrazone groups is 1. The third-order valence-corrected chi connectivity index (χ3v) is 7.08. The fourth-order valence-electron chi connectivity index (χ4n) is 3.72. The summed E-state index contributed by atoms with van der Waals surface area (Å²) in [6.07, 6.45) is 1.43. The predicted molar refractivity (Wildman–Crippen MR) is 153 cm³/mol. The molecule has 4 rings (SSSR count). The van der Waals surface area contributed by atoms with E-state index in [1.54, 1.807) is 12.1 Å². The van der Waals surface area contributed by atoms with Crippen molar-refractivity contribution in [3.05, 3.63) is 82.8 Å². The molecular weight excluding hydrogens is 552 g/mol. The van der Waals surface area contributed by atoms with Crippen LogP contribution in [0.2, 0.25) is 0 Å². The lowest BCUT2D eigenvalue weighted by Crippen LogP contribution is -2.21. The van der Waals surface area contributed by atoms with Gasteiger partial charge in [-0.3, -0.25) is 9.36 Å². The van der Waals surface area contributed by atoms with Crippen LogP contribution in [-0.4, -0.2) is 50.8 Å². The molecule has 10 heteroatoms. The smallest absolute Gasteiger partial charge is 0.250 e. The highest BCUT2D eigenvalue weighted by Crippen LogP contribution is 2.29. The van der Waals surface area contributed by atoms with Crippen molar-refractivity contribution in [3.63, 3.8) is 0 Å². The third kappa shape index (κ3) is 6.58. The summed E-state index contributed by atoms with van der Waals surface area (Å²) in [5, 5.41) is 23.7. The molecule has 0 saturated heterocycles. The lowest BCUT2D eigenvalue weighted by Gasteiger charge is -2.21. The largest absolute Gasteiger partial charge is 0.507 e. The molecule has 2 N–H and O–H groups in total. The second-order valence-electron chi connectivity index (χ2n) is 7.98. The van der Waals surface area contributed by atoms with Crippen LogP contribution in [0.4, 0.5) is 5.69 Å². The number of carbonyl (C=O) groups excluding carboxylic acids is 1. The monoisotopic (exact) mass is 578 g/mol. The maximum atomic E-state index is 12.5. The van der Waals surface area contributed by atoms with Crippen LogP contribution >= 0.6 is 27.7 Å². The van der Waals surface area contributed by atoms with Gasteiger partial charge in [-0.2, -0.15) is 5.10 Å². The van der Waals surface area contributed by atoms with Crippen molar-refractivity contribution in [1.82, 2.24) is 20.2 Å².